The van der Waals surface area contributed by atoms with Crippen LogP contribution in [0.3, 0.4) is 0 Å². The zero-order valence-corrected chi connectivity index (χ0v) is 21.4. The lowest BCUT2D eigenvalue weighted by Crippen LogP contribution is -2.51. The number of aromatic nitrogens is 4. The van der Waals surface area contributed by atoms with Gasteiger partial charge in [0.05, 0.1) is 5.52 Å². The van der Waals surface area contributed by atoms with Crippen molar-refractivity contribution in [2.75, 3.05) is 10.6 Å². The predicted molar refractivity (Wildman–Crippen MR) is 137 cm³/mol. The van der Waals surface area contributed by atoms with Gasteiger partial charge in [0.15, 0.2) is 5.82 Å². The van der Waals surface area contributed by atoms with Crippen molar-refractivity contribution in [3.63, 3.8) is 0 Å². The van der Waals surface area contributed by atoms with E-state index in [4.69, 9.17) is 4.98 Å². The Hall–Kier alpha value is -2.72. The largest absolute Gasteiger partial charge is 0.367 e. The van der Waals surface area contributed by atoms with Crippen LogP contribution in [0, 0.1) is 12.3 Å². The fourth-order valence-corrected chi connectivity index (χ4v) is 5.70. The van der Waals surface area contributed by atoms with E-state index in [1.165, 1.54) is 0 Å². The van der Waals surface area contributed by atoms with Crippen LogP contribution >= 0.6 is 0 Å². The van der Waals surface area contributed by atoms with Gasteiger partial charge in [0.25, 0.3) is 0 Å². The summed E-state index contributed by atoms with van der Waals surface area (Å²) in [5, 5.41) is 15.0. The van der Waals surface area contributed by atoms with Crippen molar-refractivity contribution in [1.82, 2.24) is 24.5 Å². The van der Waals surface area contributed by atoms with Crippen molar-refractivity contribution in [2.45, 2.75) is 78.4 Å². The van der Waals surface area contributed by atoms with Crippen molar-refractivity contribution in [3.8, 4) is 0 Å². The van der Waals surface area contributed by atoms with Crippen LogP contribution in [-0.4, -0.2) is 51.0 Å². The van der Waals surface area contributed by atoms with Crippen LogP contribution in [0.4, 0.5) is 17.5 Å². The molecule has 3 aromatic rings. The molecule has 0 saturated carbocycles. The molecule has 1 saturated heterocycles. The Kier molecular flexibility index (Phi) is 7.09. The number of nitrogens with one attached hydrogen (secondary N) is 3. The van der Waals surface area contributed by atoms with Gasteiger partial charge in [0.1, 0.15) is 11.6 Å². The van der Waals surface area contributed by atoms with Gasteiger partial charge in [-0.2, -0.15) is 9.40 Å². The molecule has 0 aromatic carbocycles. The molecule has 3 N–H and O–H groups in total. The molecule has 0 radical (unpaired) electrons. The third-order valence-corrected chi connectivity index (χ3v) is 7.94. The molecule has 34 heavy (non-hydrogen) atoms. The van der Waals surface area contributed by atoms with Gasteiger partial charge in [-0.15, -0.1) is 0 Å². The molecule has 0 spiro atoms. The second kappa shape index (κ2) is 9.87. The Morgan fingerprint density at radius 1 is 1.24 bits per heavy atom. The van der Waals surface area contributed by atoms with E-state index < -0.39 is 10.9 Å². The summed E-state index contributed by atoms with van der Waals surface area (Å²) in [6.07, 6.45) is 5.04. The quantitative estimate of drug-likeness (QED) is 0.350. The van der Waals surface area contributed by atoms with Gasteiger partial charge in [-0.3, -0.25) is 10.1 Å². The molecule has 184 valence electrons. The minimum atomic E-state index is -2.63. The molecule has 1 aliphatic rings. The summed E-state index contributed by atoms with van der Waals surface area (Å²) >= 11 is 0. The van der Waals surface area contributed by atoms with Crippen LogP contribution in [0.1, 0.15) is 59.1 Å². The summed E-state index contributed by atoms with van der Waals surface area (Å²) in [6.45, 7) is 10.5. The Morgan fingerprint density at radius 2 is 2.03 bits per heavy atom. The number of piperidine rings is 1. The maximum Gasteiger partial charge on any atom is 0.204 e. The summed E-state index contributed by atoms with van der Waals surface area (Å²) in [5.74, 6) is 2.08. The van der Waals surface area contributed by atoms with Crippen LogP contribution in [0.15, 0.2) is 30.5 Å². The first-order chi connectivity index (χ1) is 16.1. The van der Waals surface area contributed by atoms with Gasteiger partial charge in [0.2, 0.25) is 10.9 Å². The van der Waals surface area contributed by atoms with Gasteiger partial charge in [-0.05, 0) is 50.7 Å². The van der Waals surface area contributed by atoms with Crippen molar-refractivity contribution in [3.05, 3.63) is 36.2 Å². The normalized spacial score (nSPS) is 21.8. The monoisotopic (exact) mass is 485 g/mol. The molecule has 1 aliphatic heterocycles. The van der Waals surface area contributed by atoms with Crippen molar-refractivity contribution in [1.29, 1.82) is 0 Å². The van der Waals surface area contributed by atoms with E-state index in [2.05, 4.69) is 46.6 Å². The molecule has 4 rings (SSSR count). The molecule has 3 aromatic heterocycles. The first kappa shape index (κ1) is 24.4. The molecule has 0 aliphatic carbocycles. The van der Waals surface area contributed by atoms with Crippen LogP contribution in [0.25, 0.3) is 10.9 Å². The van der Waals surface area contributed by atoms with E-state index in [9.17, 15) is 8.42 Å². The summed E-state index contributed by atoms with van der Waals surface area (Å²) in [4.78, 5) is 9.38. The summed E-state index contributed by atoms with van der Waals surface area (Å²) < 4.78 is 25.9. The average Bonchev–Trinajstić information content (AvgIpc) is 3.17. The number of aryl methyl sites for hydroxylation is 1. The number of pyridine rings is 2. The molecular formula is C24H35N7O2S. The van der Waals surface area contributed by atoms with E-state index in [0.717, 1.165) is 41.7 Å². The molecule has 0 amide bonds. The molecule has 0 unspecified atom stereocenters. The van der Waals surface area contributed by atoms with E-state index in [-0.39, 0.29) is 23.5 Å². The number of nitrogens with zero attached hydrogens (tertiary/aromatic N) is 4. The minimum Gasteiger partial charge on any atom is -0.367 e. The number of rotatable bonds is 8. The number of aromatic amines is 1. The number of thiol groups is 1. The fourth-order valence-electron chi connectivity index (χ4n) is 4.84. The van der Waals surface area contributed by atoms with Gasteiger partial charge < -0.3 is 10.6 Å². The van der Waals surface area contributed by atoms with Crippen LogP contribution in [0.2, 0.25) is 0 Å². The highest BCUT2D eigenvalue weighted by Gasteiger charge is 2.38. The maximum absolute atomic E-state index is 12.1. The minimum absolute atomic E-state index is 0.0463. The summed E-state index contributed by atoms with van der Waals surface area (Å²) in [7, 11) is -2.63. The van der Waals surface area contributed by atoms with Crippen molar-refractivity contribution < 1.29 is 8.42 Å². The Labute approximate surface area is 202 Å². The fraction of sp³-hybridized carbons (Fsp3) is 0.542. The molecule has 10 heteroatoms. The van der Waals surface area contributed by atoms with E-state index >= 15 is 0 Å². The average molecular weight is 486 g/mol. The second-order valence-electron chi connectivity index (χ2n) is 10.1. The first-order valence-corrected chi connectivity index (χ1v) is 13.0. The Morgan fingerprint density at radius 3 is 2.71 bits per heavy atom. The highest BCUT2D eigenvalue weighted by atomic mass is 32.2. The predicted octanol–water partition coefficient (Wildman–Crippen LogP) is 4.39. The molecule has 9 nitrogen and oxygen atoms in total. The zero-order chi connectivity index (χ0) is 24.5. The van der Waals surface area contributed by atoms with Crippen LogP contribution < -0.4 is 10.6 Å². The van der Waals surface area contributed by atoms with Crippen LogP contribution in [0.5, 0.6) is 0 Å². The van der Waals surface area contributed by atoms with Gasteiger partial charge in [-0.1, -0.05) is 27.2 Å². The standard InChI is InChI=1S/C24H35N7O2S/c1-6-24(4,5)14-18-12-17(11-16(3)31(18)34(32)33)26-23-19-8-7-9-25-20(19)13-21(28-23)27-22-10-15(2)29-30-22/h7-10,13,16-18,34H,6,11-12,14H2,1-5H3,(H3,26,27,28,29,30)/t16-,17-,18-/m1/s1. The Balaban J connectivity index is 1.62. The van der Waals surface area contributed by atoms with Crippen molar-refractivity contribution >= 4 is 39.2 Å². The highest BCUT2D eigenvalue weighted by Crippen LogP contribution is 2.36. The molecule has 3 atom stereocenters. The third kappa shape index (κ3) is 5.50. The third-order valence-electron chi connectivity index (χ3n) is 6.84. The van der Waals surface area contributed by atoms with Gasteiger partial charge in [-0.25, -0.2) is 13.4 Å². The number of fused-ring (bicyclic) bond motifs is 1. The first-order valence-electron chi connectivity index (χ1n) is 11.9. The summed E-state index contributed by atoms with van der Waals surface area (Å²) in [6, 6.07) is 7.70. The van der Waals surface area contributed by atoms with E-state index in [1.54, 1.807) is 10.5 Å². The lowest BCUT2D eigenvalue weighted by atomic mass is 9.79. The summed E-state index contributed by atoms with van der Waals surface area (Å²) in [5.41, 5.74) is 1.85. The molecular weight excluding hydrogens is 450 g/mol. The van der Waals surface area contributed by atoms with Crippen LogP contribution in [-0.2, 0) is 10.9 Å². The van der Waals surface area contributed by atoms with Gasteiger partial charge in [0, 0.05) is 47.5 Å². The smallest absolute Gasteiger partial charge is 0.204 e. The number of H-pyrrole nitrogens is 1. The number of hydrogen-bond donors (Lipinski definition) is 4. The van der Waals surface area contributed by atoms with E-state index in [0.29, 0.717) is 18.1 Å². The second-order valence-corrected chi connectivity index (χ2v) is 11.1. The molecule has 0 bridgehead atoms. The van der Waals surface area contributed by atoms with E-state index in [1.807, 2.05) is 38.1 Å². The lowest BCUT2D eigenvalue weighted by molar-refractivity contribution is 0.134. The SMILES string of the molecule is CCC(C)(C)C[C@H]1C[C@H](Nc2nc(Nc3cc(C)[nH]n3)cc3ncccc23)C[C@@H](C)N1[SH](=O)=O. The lowest BCUT2D eigenvalue weighted by Gasteiger charge is -2.43. The Bertz CT molecular complexity index is 1220. The zero-order valence-electron chi connectivity index (χ0n) is 20.5. The highest BCUT2D eigenvalue weighted by molar-refractivity contribution is 7.69. The number of hydrogen-bond acceptors (Lipinski definition) is 7. The topological polar surface area (TPSA) is 116 Å². The molecule has 4 heterocycles. The molecule has 1 fully saturated rings. The maximum atomic E-state index is 12.1. The number of anilines is 3. The van der Waals surface area contributed by atoms with Gasteiger partial charge >= 0.3 is 0 Å². The van der Waals surface area contributed by atoms with Crippen molar-refractivity contribution in [2.24, 2.45) is 5.41 Å².